The van der Waals surface area contributed by atoms with E-state index >= 15 is 0 Å². The lowest BCUT2D eigenvalue weighted by Crippen LogP contribution is -2.46. The second kappa shape index (κ2) is 5.39. The van der Waals surface area contributed by atoms with Crippen molar-refractivity contribution in [2.75, 3.05) is 13.1 Å². The van der Waals surface area contributed by atoms with E-state index in [1.54, 1.807) is 0 Å². The summed E-state index contributed by atoms with van der Waals surface area (Å²) in [5.41, 5.74) is 0. The Hall–Kier alpha value is -0.240. The lowest BCUT2D eigenvalue weighted by atomic mass is 9.87. The number of hydrogen-bond donors (Lipinski definition) is 0. The second-order valence-corrected chi connectivity index (χ2v) is 5.96. The Kier molecular flexibility index (Phi) is 4.12. The largest absolute Gasteiger partial charge is 0.341 e. The Labute approximate surface area is 103 Å². The Morgan fingerprint density at radius 2 is 1.88 bits per heavy atom. The molecular formula is C13H22ClNO. The van der Waals surface area contributed by atoms with Crippen LogP contribution in [0, 0.1) is 11.8 Å². The van der Waals surface area contributed by atoms with Crippen LogP contribution in [0.15, 0.2) is 0 Å². The molecule has 2 rings (SSSR count). The van der Waals surface area contributed by atoms with Crippen LogP contribution in [0.5, 0.6) is 0 Å². The number of likely N-dealkylation sites (tertiary alicyclic amines) is 1. The molecule has 1 saturated heterocycles. The van der Waals surface area contributed by atoms with E-state index < -0.39 is 0 Å². The number of alkyl halides is 1. The molecule has 2 nitrogen and oxygen atoms in total. The highest BCUT2D eigenvalue weighted by molar-refractivity contribution is 6.21. The molecule has 0 aromatic rings. The Balaban J connectivity index is 1.89. The van der Waals surface area contributed by atoms with Gasteiger partial charge in [0, 0.05) is 19.0 Å². The predicted molar refractivity (Wildman–Crippen MR) is 66.6 cm³/mol. The first-order valence-electron chi connectivity index (χ1n) is 6.61. The topological polar surface area (TPSA) is 20.3 Å². The van der Waals surface area contributed by atoms with Crippen LogP contribution in [0.3, 0.4) is 0 Å². The van der Waals surface area contributed by atoms with Crippen LogP contribution in [0.2, 0.25) is 0 Å². The number of piperidine rings is 1. The zero-order valence-corrected chi connectivity index (χ0v) is 10.9. The van der Waals surface area contributed by atoms with Gasteiger partial charge in [-0.2, -0.15) is 0 Å². The van der Waals surface area contributed by atoms with Crippen LogP contribution in [0.1, 0.15) is 45.4 Å². The van der Waals surface area contributed by atoms with Gasteiger partial charge in [-0.25, -0.2) is 0 Å². The maximum atomic E-state index is 12.3. The van der Waals surface area contributed by atoms with Gasteiger partial charge in [-0.1, -0.05) is 26.2 Å². The fourth-order valence-corrected chi connectivity index (χ4v) is 3.12. The first-order chi connectivity index (χ1) is 7.68. The van der Waals surface area contributed by atoms with Crippen molar-refractivity contribution in [3.8, 4) is 0 Å². The summed E-state index contributed by atoms with van der Waals surface area (Å²) in [6, 6.07) is 0. The summed E-state index contributed by atoms with van der Waals surface area (Å²) in [7, 11) is 0. The van der Waals surface area contributed by atoms with Gasteiger partial charge in [0.25, 0.3) is 0 Å². The normalized spacial score (nSPS) is 32.8. The molecule has 2 atom stereocenters. The number of carbonyl (C=O) groups excluding carboxylic acids is 1. The van der Waals surface area contributed by atoms with Gasteiger partial charge in [-0.15, -0.1) is 11.6 Å². The van der Waals surface area contributed by atoms with Crippen LogP contribution in [0.25, 0.3) is 0 Å². The molecular weight excluding hydrogens is 222 g/mol. The van der Waals surface area contributed by atoms with Crippen LogP contribution in [0.4, 0.5) is 0 Å². The third-order valence-corrected chi connectivity index (χ3v) is 4.70. The standard InChI is InChI=1S/C13H22ClNO/c1-10-7-8-15(9-12(10)14)13(16)11-5-3-2-4-6-11/h10-12H,2-9H2,1H3. The number of rotatable bonds is 1. The van der Waals surface area contributed by atoms with Crippen molar-refractivity contribution in [2.45, 2.75) is 50.8 Å². The fraction of sp³-hybridized carbons (Fsp3) is 0.923. The zero-order valence-electron chi connectivity index (χ0n) is 10.1. The van der Waals surface area contributed by atoms with Gasteiger partial charge in [0.1, 0.15) is 0 Å². The summed E-state index contributed by atoms with van der Waals surface area (Å²) in [5, 5.41) is 0.154. The maximum Gasteiger partial charge on any atom is 0.225 e. The van der Waals surface area contributed by atoms with E-state index in [0.29, 0.717) is 17.7 Å². The van der Waals surface area contributed by atoms with E-state index in [0.717, 1.165) is 32.4 Å². The van der Waals surface area contributed by atoms with E-state index in [2.05, 4.69) is 6.92 Å². The SMILES string of the molecule is CC1CCN(C(=O)C2CCCCC2)CC1Cl. The van der Waals surface area contributed by atoms with Crippen molar-refractivity contribution >= 4 is 17.5 Å². The van der Waals surface area contributed by atoms with Crippen molar-refractivity contribution < 1.29 is 4.79 Å². The van der Waals surface area contributed by atoms with Crippen LogP contribution < -0.4 is 0 Å². The molecule has 1 amide bonds. The van der Waals surface area contributed by atoms with Crippen LogP contribution in [-0.2, 0) is 4.79 Å². The van der Waals surface area contributed by atoms with Crippen LogP contribution >= 0.6 is 11.6 Å². The molecule has 2 fully saturated rings. The Morgan fingerprint density at radius 3 is 2.50 bits per heavy atom. The van der Waals surface area contributed by atoms with E-state index in [-0.39, 0.29) is 5.38 Å². The van der Waals surface area contributed by atoms with Gasteiger partial charge in [0.05, 0.1) is 5.38 Å². The minimum absolute atomic E-state index is 0.154. The Morgan fingerprint density at radius 1 is 1.19 bits per heavy atom. The van der Waals surface area contributed by atoms with Crippen molar-refractivity contribution in [3.05, 3.63) is 0 Å². The van der Waals surface area contributed by atoms with Crippen LogP contribution in [-0.4, -0.2) is 29.3 Å². The van der Waals surface area contributed by atoms with Crippen molar-refractivity contribution in [2.24, 2.45) is 11.8 Å². The lowest BCUT2D eigenvalue weighted by Gasteiger charge is -2.36. The fourth-order valence-electron chi connectivity index (χ4n) is 2.83. The summed E-state index contributed by atoms with van der Waals surface area (Å²) in [6.45, 7) is 3.86. The third-order valence-electron chi connectivity index (χ3n) is 4.13. The quantitative estimate of drug-likeness (QED) is 0.649. The molecule has 0 N–H and O–H groups in total. The summed E-state index contributed by atoms with van der Waals surface area (Å²) >= 11 is 6.25. The highest BCUT2D eigenvalue weighted by Crippen LogP contribution is 2.28. The van der Waals surface area contributed by atoms with Crippen molar-refractivity contribution in [1.82, 2.24) is 4.90 Å². The van der Waals surface area contributed by atoms with E-state index in [9.17, 15) is 4.79 Å². The van der Waals surface area contributed by atoms with Gasteiger partial charge in [-0.3, -0.25) is 4.79 Å². The number of halogens is 1. The molecule has 3 heteroatoms. The third kappa shape index (κ3) is 2.71. The average molecular weight is 244 g/mol. The second-order valence-electron chi connectivity index (χ2n) is 5.40. The van der Waals surface area contributed by atoms with Gasteiger partial charge in [0.15, 0.2) is 0 Å². The number of hydrogen-bond acceptors (Lipinski definition) is 1. The maximum absolute atomic E-state index is 12.3. The number of nitrogens with zero attached hydrogens (tertiary/aromatic N) is 1. The molecule has 0 spiro atoms. The molecule has 1 aliphatic heterocycles. The molecule has 1 aliphatic carbocycles. The number of carbonyl (C=O) groups is 1. The van der Waals surface area contributed by atoms with E-state index in [4.69, 9.17) is 11.6 Å². The molecule has 0 aromatic heterocycles. The average Bonchev–Trinajstić information content (AvgIpc) is 2.33. The highest BCUT2D eigenvalue weighted by Gasteiger charge is 2.31. The monoisotopic (exact) mass is 243 g/mol. The van der Waals surface area contributed by atoms with Crippen molar-refractivity contribution in [1.29, 1.82) is 0 Å². The molecule has 2 aliphatic rings. The minimum Gasteiger partial charge on any atom is -0.341 e. The van der Waals surface area contributed by atoms with Crippen molar-refractivity contribution in [3.63, 3.8) is 0 Å². The zero-order chi connectivity index (χ0) is 11.5. The summed E-state index contributed by atoms with van der Waals surface area (Å²) < 4.78 is 0. The molecule has 1 heterocycles. The molecule has 0 bridgehead atoms. The summed E-state index contributed by atoms with van der Waals surface area (Å²) in [6.07, 6.45) is 7.01. The van der Waals surface area contributed by atoms with Gasteiger partial charge in [0.2, 0.25) is 5.91 Å². The predicted octanol–water partition coefficient (Wildman–Crippen LogP) is 3.04. The molecule has 0 aromatic carbocycles. The Bertz CT molecular complexity index is 250. The smallest absolute Gasteiger partial charge is 0.225 e. The summed E-state index contributed by atoms with van der Waals surface area (Å²) in [4.78, 5) is 14.3. The van der Waals surface area contributed by atoms with E-state index in [1.807, 2.05) is 4.90 Å². The molecule has 1 saturated carbocycles. The van der Waals surface area contributed by atoms with Gasteiger partial charge >= 0.3 is 0 Å². The molecule has 0 radical (unpaired) electrons. The lowest BCUT2D eigenvalue weighted by molar-refractivity contribution is -0.137. The first-order valence-corrected chi connectivity index (χ1v) is 7.05. The molecule has 16 heavy (non-hydrogen) atoms. The first kappa shape index (κ1) is 12.2. The summed E-state index contributed by atoms with van der Waals surface area (Å²) in [5.74, 6) is 1.22. The van der Waals surface area contributed by atoms with Gasteiger partial charge in [-0.05, 0) is 25.2 Å². The van der Waals surface area contributed by atoms with Gasteiger partial charge < -0.3 is 4.90 Å². The number of amides is 1. The highest BCUT2D eigenvalue weighted by atomic mass is 35.5. The molecule has 2 unspecified atom stereocenters. The minimum atomic E-state index is 0.154. The molecule has 92 valence electrons. The van der Waals surface area contributed by atoms with E-state index in [1.165, 1.54) is 19.3 Å².